The Balaban J connectivity index is 2.56. The molecular formula is C22H39NO10PSi3+. The van der Waals surface area contributed by atoms with Crippen LogP contribution in [0.3, 0.4) is 0 Å². The number of benzene rings is 1. The Hall–Kier alpha value is -1.49. The lowest BCUT2D eigenvalue weighted by molar-refractivity contribution is -0.384. The van der Waals surface area contributed by atoms with Crippen molar-refractivity contribution in [1.82, 2.24) is 0 Å². The van der Waals surface area contributed by atoms with Crippen LogP contribution < -0.4 is 4.74 Å². The number of nitrogens with zero attached hydrogens (tertiary/aromatic N) is 1. The molecule has 1 saturated heterocycles. The van der Waals surface area contributed by atoms with E-state index in [1.54, 1.807) is 0 Å². The van der Waals surface area contributed by atoms with E-state index in [-0.39, 0.29) is 5.69 Å². The van der Waals surface area contributed by atoms with Crippen molar-refractivity contribution in [3.63, 3.8) is 0 Å². The second-order valence-corrected chi connectivity index (χ2v) is 25.7. The number of rotatable bonds is 12. The van der Waals surface area contributed by atoms with Crippen LogP contribution in [-0.2, 0) is 27.1 Å². The summed E-state index contributed by atoms with van der Waals surface area (Å²) in [6, 6.07) is 5.69. The first kappa shape index (κ1) is 31.7. The van der Waals surface area contributed by atoms with E-state index in [0.717, 1.165) is 6.26 Å². The summed E-state index contributed by atoms with van der Waals surface area (Å²) >= 11 is 0. The minimum absolute atomic E-state index is 0.0635. The molecule has 1 aliphatic rings. The van der Waals surface area contributed by atoms with E-state index >= 15 is 0 Å². The summed E-state index contributed by atoms with van der Waals surface area (Å²) in [6.45, 7) is 18.5. The number of ether oxygens (including phenoxy) is 2. The molecule has 1 unspecified atom stereocenters. The van der Waals surface area contributed by atoms with E-state index in [2.05, 4.69) is 19.6 Å². The fourth-order valence-corrected chi connectivity index (χ4v) is 7.05. The zero-order valence-electron chi connectivity index (χ0n) is 22.9. The van der Waals surface area contributed by atoms with Crippen LogP contribution in [0, 0.1) is 10.1 Å². The molecule has 0 saturated carbocycles. The van der Waals surface area contributed by atoms with Gasteiger partial charge in [0, 0.05) is 16.7 Å². The zero-order chi connectivity index (χ0) is 28.2. The van der Waals surface area contributed by atoms with Gasteiger partial charge in [0.2, 0.25) is 6.29 Å². The topological polar surface area (TPSA) is 136 Å². The molecule has 0 radical (unpaired) electrons. The molecule has 208 valence electrons. The van der Waals surface area contributed by atoms with Gasteiger partial charge < -0.3 is 22.8 Å². The monoisotopic (exact) mass is 592 g/mol. The standard InChI is InChI=1S/C22H38NO10PSi3/c1-35(2,3)31-19-18(14-15-28-34(26)27)30-22(29-17-12-10-16(11-13-17)23(24)25)21(33-37(7,8)9)20(19)32-36(4,5)6/h10-15,18-22H,1-9H3/p+1/b15-14+/t18-,19-,20+,21+,22+/m1/s1. The normalized spacial score (nSPS) is 25.7. The fraction of sp³-hybridized carbons (Fsp3) is 0.636. The number of hydrogen-bond acceptors (Lipinski definition) is 9. The van der Waals surface area contributed by atoms with Crippen LogP contribution in [0.2, 0.25) is 58.9 Å². The van der Waals surface area contributed by atoms with Crippen LogP contribution in [0.5, 0.6) is 5.75 Å². The average Bonchev–Trinajstić information content (AvgIpc) is 2.70. The van der Waals surface area contributed by atoms with E-state index in [1.165, 1.54) is 30.3 Å². The molecule has 0 amide bonds. The van der Waals surface area contributed by atoms with E-state index < -0.39 is 68.8 Å². The smallest absolute Gasteiger partial charge is 0.462 e. The Bertz CT molecular complexity index is 959. The van der Waals surface area contributed by atoms with Gasteiger partial charge >= 0.3 is 8.25 Å². The van der Waals surface area contributed by atoms with Crippen LogP contribution in [0.25, 0.3) is 0 Å². The largest absolute Gasteiger partial charge is 0.746 e. The number of nitro benzene ring substituents is 1. The number of non-ortho nitro benzene ring substituents is 1. The van der Waals surface area contributed by atoms with Crippen LogP contribution in [0.15, 0.2) is 36.6 Å². The molecule has 0 bridgehead atoms. The van der Waals surface area contributed by atoms with Crippen LogP contribution in [0.1, 0.15) is 0 Å². The maximum absolute atomic E-state index is 11.1. The molecule has 6 atom stereocenters. The van der Waals surface area contributed by atoms with Gasteiger partial charge in [-0.2, -0.15) is 0 Å². The summed E-state index contributed by atoms with van der Waals surface area (Å²) < 4.78 is 48.2. The molecule has 1 heterocycles. The van der Waals surface area contributed by atoms with Crippen molar-refractivity contribution in [3.8, 4) is 5.75 Å². The summed E-state index contributed by atoms with van der Waals surface area (Å²) in [6.07, 6.45) is -0.965. The van der Waals surface area contributed by atoms with Crippen molar-refractivity contribution in [3.05, 3.63) is 46.7 Å². The van der Waals surface area contributed by atoms with Gasteiger partial charge in [-0.25, -0.2) is 4.52 Å². The zero-order valence-corrected chi connectivity index (χ0v) is 26.8. The van der Waals surface area contributed by atoms with Gasteiger partial charge in [0.05, 0.1) is 4.92 Å². The first-order chi connectivity index (χ1) is 16.8. The van der Waals surface area contributed by atoms with Crippen LogP contribution in [0.4, 0.5) is 5.69 Å². The molecule has 11 nitrogen and oxygen atoms in total. The Kier molecular flexibility index (Phi) is 10.8. The molecule has 0 aliphatic carbocycles. The van der Waals surface area contributed by atoms with E-state index in [1.807, 2.05) is 39.3 Å². The lowest BCUT2D eigenvalue weighted by Gasteiger charge is -2.49. The molecule has 1 aliphatic heterocycles. The van der Waals surface area contributed by atoms with Gasteiger partial charge in [-0.05, 0) is 77.1 Å². The third kappa shape index (κ3) is 11.0. The predicted molar refractivity (Wildman–Crippen MR) is 147 cm³/mol. The molecule has 2 rings (SSSR count). The molecule has 15 heteroatoms. The fourth-order valence-electron chi connectivity index (χ4n) is 3.65. The first-order valence-corrected chi connectivity index (χ1v) is 23.3. The van der Waals surface area contributed by atoms with Gasteiger partial charge in [-0.3, -0.25) is 10.1 Å². The van der Waals surface area contributed by atoms with Crippen LogP contribution in [-0.4, -0.2) is 65.5 Å². The maximum Gasteiger partial charge on any atom is 0.746 e. The molecule has 1 aromatic carbocycles. The Labute approximate surface area is 222 Å². The summed E-state index contributed by atoms with van der Waals surface area (Å²) in [5.74, 6) is 0.355. The highest BCUT2D eigenvalue weighted by Gasteiger charge is 2.52. The molecule has 0 spiro atoms. The minimum Gasteiger partial charge on any atom is -0.462 e. The Morgan fingerprint density at radius 1 is 0.892 bits per heavy atom. The SMILES string of the molecule is C[Si](C)(C)O[C@@H]1[C@H](O[Si](C)(C)C)[C@@H](Oc2ccc([N+](=O)[O-])cc2)O[C@H](/C=C/O[P+](=O)O)[C@H]1O[Si](C)(C)C. The van der Waals surface area contributed by atoms with Crippen molar-refractivity contribution in [2.75, 3.05) is 0 Å². The summed E-state index contributed by atoms with van der Waals surface area (Å²) in [4.78, 5) is 19.7. The number of hydrogen-bond donors (Lipinski definition) is 1. The molecular weight excluding hydrogens is 553 g/mol. The molecule has 1 N–H and O–H groups in total. The van der Waals surface area contributed by atoms with E-state index in [0.29, 0.717) is 5.75 Å². The van der Waals surface area contributed by atoms with Gasteiger partial charge in [-0.15, -0.1) is 4.89 Å². The third-order valence-corrected chi connectivity index (χ3v) is 7.96. The van der Waals surface area contributed by atoms with Crippen molar-refractivity contribution >= 4 is 38.9 Å². The van der Waals surface area contributed by atoms with Crippen LogP contribution >= 0.6 is 8.25 Å². The summed E-state index contributed by atoms with van der Waals surface area (Å²) in [5.41, 5.74) is -0.0635. The Morgan fingerprint density at radius 2 is 1.38 bits per heavy atom. The maximum atomic E-state index is 11.1. The number of nitro groups is 1. The van der Waals surface area contributed by atoms with Crippen molar-refractivity contribution in [1.29, 1.82) is 0 Å². The van der Waals surface area contributed by atoms with Crippen molar-refractivity contribution in [2.24, 2.45) is 0 Å². The van der Waals surface area contributed by atoms with Gasteiger partial charge in [-0.1, -0.05) is 0 Å². The molecule has 1 fully saturated rings. The van der Waals surface area contributed by atoms with Crippen molar-refractivity contribution < 1.29 is 41.7 Å². The Morgan fingerprint density at radius 3 is 1.84 bits per heavy atom. The van der Waals surface area contributed by atoms with Gasteiger partial charge in [0.15, 0.2) is 31.2 Å². The lowest BCUT2D eigenvalue weighted by atomic mass is 9.99. The van der Waals surface area contributed by atoms with Gasteiger partial charge in [0.25, 0.3) is 5.69 Å². The summed E-state index contributed by atoms with van der Waals surface area (Å²) in [5, 5.41) is 11.1. The lowest BCUT2D eigenvalue weighted by Crippen LogP contribution is -2.65. The highest BCUT2D eigenvalue weighted by molar-refractivity contribution is 7.32. The van der Waals surface area contributed by atoms with E-state index in [9.17, 15) is 14.7 Å². The third-order valence-electron chi connectivity index (χ3n) is 4.72. The van der Waals surface area contributed by atoms with Gasteiger partial charge in [0.1, 0.15) is 30.2 Å². The molecule has 0 aromatic heterocycles. The highest BCUT2D eigenvalue weighted by Crippen LogP contribution is 2.35. The minimum atomic E-state index is -2.84. The van der Waals surface area contributed by atoms with E-state index in [4.69, 9.17) is 32.2 Å². The van der Waals surface area contributed by atoms with Crippen molar-refractivity contribution in [2.45, 2.75) is 89.6 Å². The molecule has 37 heavy (non-hydrogen) atoms. The summed E-state index contributed by atoms with van der Waals surface area (Å²) in [7, 11) is -9.31. The highest BCUT2D eigenvalue weighted by atomic mass is 31.1. The average molecular weight is 593 g/mol. The quantitative estimate of drug-likeness (QED) is 0.108. The first-order valence-electron chi connectivity index (χ1n) is 11.9. The molecule has 1 aromatic rings. The predicted octanol–water partition coefficient (Wildman–Crippen LogP) is 5.54. The second kappa shape index (κ2) is 12.6. The second-order valence-electron chi connectivity index (χ2n) is 11.6.